The summed E-state index contributed by atoms with van der Waals surface area (Å²) in [6.45, 7) is 2.02. The molecule has 0 radical (unpaired) electrons. The molecule has 0 aromatic heterocycles. The van der Waals surface area contributed by atoms with E-state index in [2.05, 4.69) is 12.1 Å². The zero-order valence-electron chi connectivity index (χ0n) is 11.3. The lowest BCUT2D eigenvalue weighted by molar-refractivity contribution is -0.228. The van der Waals surface area contributed by atoms with Crippen LogP contribution < -0.4 is 0 Å². The lowest BCUT2D eigenvalue weighted by Crippen LogP contribution is -2.44. The molecule has 0 N–H and O–H groups in total. The number of hydrogen-bond acceptors (Lipinski definition) is 4. The molecule has 0 bridgehead atoms. The highest BCUT2D eigenvalue weighted by Crippen LogP contribution is 2.67. The van der Waals surface area contributed by atoms with Gasteiger partial charge in [-0.2, -0.15) is 0 Å². The van der Waals surface area contributed by atoms with E-state index in [4.69, 9.17) is 9.47 Å². The monoisotopic (exact) mass is 272 g/mol. The molecule has 1 aromatic carbocycles. The minimum absolute atomic E-state index is 0.0170. The summed E-state index contributed by atoms with van der Waals surface area (Å²) >= 11 is 0. The molecule has 3 fully saturated rings. The molecule has 4 heteroatoms. The maximum absolute atomic E-state index is 11.9. The number of hydrogen-bond donors (Lipinski definition) is 0. The van der Waals surface area contributed by atoms with Crippen molar-refractivity contribution in [2.24, 2.45) is 11.3 Å². The van der Waals surface area contributed by atoms with E-state index in [-0.39, 0.29) is 23.8 Å². The van der Waals surface area contributed by atoms with Gasteiger partial charge in [-0.05, 0) is 17.9 Å². The summed E-state index contributed by atoms with van der Waals surface area (Å²) in [5.74, 6) is -1.36. The van der Waals surface area contributed by atoms with Crippen LogP contribution in [0.3, 0.4) is 0 Å². The van der Waals surface area contributed by atoms with E-state index in [1.54, 1.807) is 0 Å². The van der Waals surface area contributed by atoms with Crippen molar-refractivity contribution in [2.45, 2.75) is 37.9 Å². The highest BCUT2D eigenvalue weighted by Gasteiger charge is 2.75. The molecule has 20 heavy (non-hydrogen) atoms. The highest BCUT2D eigenvalue weighted by atomic mass is 16.7. The van der Waals surface area contributed by atoms with Crippen molar-refractivity contribution in [3.8, 4) is 0 Å². The van der Waals surface area contributed by atoms with Gasteiger partial charge in [0, 0.05) is 5.92 Å². The smallest absolute Gasteiger partial charge is 0.309 e. The van der Waals surface area contributed by atoms with Crippen molar-refractivity contribution >= 4 is 11.9 Å². The van der Waals surface area contributed by atoms with Crippen molar-refractivity contribution in [2.75, 3.05) is 0 Å². The van der Waals surface area contributed by atoms with Gasteiger partial charge in [0.05, 0.1) is 18.3 Å². The third-order valence-corrected chi connectivity index (χ3v) is 5.28. The van der Waals surface area contributed by atoms with Crippen LogP contribution >= 0.6 is 0 Å². The molecule has 1 unspecified atom stereocenters. The second-order valence-electron chi connectivity index (χ2n) is 6.31. The van der Waals surface area contributed by atoms with Gasteiger partial charge in [0.2, 0.25) is 0 Å². The molecule has 4 rings (SSSR count). The number of esters is 2. The Bertz CT molecular complexity index is 592. The Hall–Kier alpha value is -1.84. The lowest BCUT2D eigenvalue weighted by Gasteiger charge is -2.36. The quantitative estimate of drug-likeness (QED) is 0.737. The lowest BCUT2D eigenvalue weighted by atomic mass is 9.72. The van der Waals surface area contributed by atoms with Crippen LogP contribution in [-0.2, 0) is 19.1 Å². The molecule has 2 saturated heterocycles. The van der Waals surface area contributed by atoms with Crippen molar-refractivity contribution in [3.63, 3.8) is 0 Å². The molecule has 1 aromatic rings. The summed E-state index contributed by atoms with van der Waals surface area (Å²) in [5.41, 5.74) is 0.737. The molecule has 1 saturated carbocycles. The summed E-state index contributed by atoms with van der Waals surface area (Å²) in [6, 6.07) is 10.1. The van der Waals surface area contributed by atoms with E-state index in [9.17, 15) is 9.59 Å². The van der Waals surface area contributed by atoms with Crippen LogP contribution in [0.1, 0.15) is 37.7 Å². The molecule has 4 nitrogen and oxygen atoms in total. The Morgan fingerprint density at radius 2 is 1.80 bits per heavy atom. The largest absolute Gasteiger partial charge is 0.421 e. The van der Waals surface area contributed by atoms with Gasteiger partial charge in [0.25, 0.3) is 5.79 Å². The van der Waals surface area contributed by atoms with E-state index in [1.807, 2.05) is 25.1 Å². The van der Waals surface area contributed by atoms with Gasteiger partial charge in [0.1, 0.15) is 0 Å². The maximum Gasteiger partial charge on any atom is 0.309 e. The molecular formula is C16H16O4. The second kappa shape index (κ2) is 3.62. The van der Waals surface area contributed by atoms with Gasteiger partial charge < -0.3 is 9.47 Å². The summed E-state index contributed by atoms with van der Waals surface area (Å²) < 4.78 is 11.1. The molecule has 2 aliphatic heterocycles. The number of benzene rings is 1. The first kappa shape index (κ1) is 11.9. The zero-order valence-corrected chi connectivity index (χ0v) is 11.3. The Labute approximate surface area is 117 Å². The summed E-state index contributed by atoms with van der Waals surface area (Å²) in [5, 5.41) is 0. The summed E-state index contributed by atoms with van der Waals surface area (Å²) in [7, 11) is 0. The van der Waals surface area contributed by atoms with Crippen molar-refractivity contribution in [1.82, 2.24) is 0 Å². The minimum atomic E-state index is -1.03. The number of carbonyl (C=O) groups is 2. The molecular weight excluding hydrogens is 256 g/mol. The van der Waals surface area contributed by atoms with Crippen LogP contribution in [0.25, 0.3) is 0 Å². The second-order valence-corrected chi connectivity index (χ2v) is 6.31. The molecule has 0 amide bonds. The SMILES string of the molecule is C[C@]12CC(=O)O[C@@]13OC(=O)CC3C[C@H]2c1ccccc1. The number of rotatable bonds is 1. The van der Waals surface area contributed by atoms with Crippen molar-refractivity contribution < 1.29 is 19.1 Å². The van der Waals surface area contributed by atoms with Crippen LogP contribution in [0.2, 0.25) is 0 Å². The summed E-state index contributed by atoms with van der Waals surface area (Å²) in [4.78, 5) is 23.5. The number of ether oxygens (including phenoxy) is 2. The van der Waals surface area contributed by atoms with E-state index in [1.165, 1.54) is 5.56 Å². The van der Waals surface area contributed by atoms with Crippen molar-refractivity contribution in [3.05, 3.63) is 35.9 Å². The van der Waals surface area contributed by atoms with Crippen LogP contribution in [0.4, 0.5) is 0 Å². The van der Waals surface area contributed by atoms with Crippen molar-refractivity contribution in [1.29, 1.82) is 0 Å². The fourth-order valence-electron chi connectivity index (χ4n) is 4.40. The average molecular weight is 272 g/mol. The fourth-order valence-corrected chi connectivity index (χ4v) is 4.40. The predicted octanol–water partition coefficient (Wildman–Crippen LogP) is 2.39. The van der Waals surface area contributed by atoms with Crippen LogP contribution in [0.5, 0.6) is 0 Å². The minimum Gasteiger partial charge on any atom is -0.421 e. The Kier molecular flexibility index (Phi) is 2.16. The molecule has 2 heterocycles. The molecule has 4 atom stereocenters. The maximum atomic E-state index is 11.9. The van der Waals surface area contributed by atoms with E-state index in [0.29, 0.717) is 12.8 Å². The Morgan fingerprint density at radius 3 is 2.55 bits per heavy atom. The standard InChI is InChI=1S/C16H16O4/c1-15-9-14(18)20-16(15)11(8-13(17)19-16)7-12(15)10-5-3-2-4-6-10/h2-6,11-12H,7-9H2,1H3/t11?,12-,15+,16+/m0/s1. The van der Waals surface area contributed by atoms with E-state index in [0.717, 1.165) is 6.42 Å². The molecule has 1 spiro atoms. The first-order chi connectivity index (χ1) is 9.55. The van der Waals surface area contributed by atoms with E-state index >= 15 is 0 Å². The molecule has 1 aliphatic carbocycles. The van der Waals surface area contributed by atoms with Gasteiger partial charge in [-0.25, -0.2) is 0 Å². The number of carbonyl (C=O) groups excluding carboxylic acids is 2. The van der Waals surface area contributed by atoms with Gasteiger partial charge >= 0.3 is 11.9 Å². The third-order valence-electron chi connectivity index (χ3n) is 5.28. The predicted molar refractivity (Wildman–Crippen MR) is 69.5 cm³/mol. The fraction of sp³-hybridized carbons (Fsp3) is 0.500. The van der Waals surface area contributed by atoms with Crippen LogP contribution in [0.15, 0.2) is 30.3 Å². The van der Waals surface area contributed by atoms with Crippen LogP contribution in [-0.4, -0.2) is 17.7 Å². The zero-order chi connectivity index (χ0) is 14.0. The van der Waals surface area contributed by atoms with Gasteiger partial charge in [-0.3, -0.25) is 9.59 Å². The Morgan fingerprint density at radius 1 is 1.10 bits per heavy atom. The van der Waals surface area contributed by atoms with Gasteiger partial charge in [0.15, 0.2) is 0 Å². The normalized spacial score (nSPS) is 42.0. The average Bonchev–Trinajstić information content (AvgIpc) is 2.92. The summed E-state index contributed by atoms with van der Waals surface area (Å²) in [6.07, 6.45) is 1.50. The van der Waals surface area contributed by atoms with E-state index < -0.39 is 11.2 Å². The van der Waals surface area contributed by atoms with Crippen LogP contribution in [0, 0.1) is 11.3 Å². The first-order valence-electron chi connectivity index (χ1n) is 7.04. The third kappa shape index (κ3) is 1.27. The first-order valence-corrected chi connectivity index (χ1v) is 7.04. The highest BCUT2D eigenvalue weighted by molar-refractivity contribution is 5.79. The molecule has 3 aliphatic rings. The topological polar surface area (TPSA) is 52.6 Å². The van der Waals surface area contributed by atoms with Gasteiger partial charge in [-0.1, -0.05) is 37.3 Å². The molecule has 104 valence electrons. The van der Waals surface area contributed by atoms with Gasteiger partial charge in [-0.15, -0.1) is 0 Å². The Balaban J connectivity index is 1.83.